The Kier molecular flexibility index (Phi) is 2.10. The number of aromatic amines is 1. The van der Waals surface area contributed by atoms with Crippen molar-refractivity contribution in [1.29, 1.82) is 0 Å². The van der Waals surface area contributed by atoms with Crippen LogP contribution in [0.15, 0.2) is 11.2 Å². The minimum atomic E-state index is -1.09. The molecular formula is C5H3N3O2S. The molecule has 1 aromatic heterocycles. The zero-order valence-corrected chi connectivity index (χ0v) is 6.05. The SMILES string of the molecule is O=C(O)c1cn[nH]c1N=C=S. The zero-order valence-electron chi connectivity index (χ0n) is 5.24. The summed E-state index contributed by atoms with van der Waals surface area (Å²) < 4.78 is 0. The Labute approximate surface area is 66.8 Å². The lowest BCUT2D eigenvalue weighted by molar-refractivity contribution is 0.0698. The predicted octanol–water partition coefficient (Wildman–Crippen LogP) is 0.842. The smallest absolute Gasteiger partial charge is 0.341 e. The third-order valence-corrected chi connectivity index (χ3v) is 1.10. The van der Waals surface area contributed by atoms with Gasteiger partial charge in [-0.2, -0.15) is 10.1 Å². The number of carboxylic acids is 1. The van der Waals surface area contributed by atoms with Crippen molar-refractivity contribution in [3.05, 3.63) is 11.8 Å². The molecule has 0 aliphatic carbocycles. The Morgan fingerprint density at radius 1 is 1.91 bits per heavy atom. The van der Waals surface area contributed by atoms with Gasteiger partial charge in [0.2, 0.25) is 0 Å². The zero-order chi connectivity index (χ0) is 8.27. The van der Waals surface area contributed by atoms with Crippen molar-refractivity contribution in [1.82, 2.24) is 10.2 Å². The summed E-state index contributed by atoms with van der Waals surface area (Å²) >= 11 is 4.29. The van der Waals surface area contributed by atoms with Crippen LogP contribution >= 0.6 is 12.2 Å². The fraction of sp³-hybridized carbons (Fsp3) is 0. The first-order valence-corrected chi connectivity index (χ1v) is 3.01. The minimum absolute atomic E-state index is 0.0117. The number of aromatic carboxylic acids is 1. The second kappa shape index (κ2) is 3.05. The number of carboxylic acid groups (broad SMARTS) is 1. The van der Waals surface area contributed by atoms with Crippen molar-refractivity contribution in [3.8, 4) is 0 Å². The van der Waals surface area contributed by atoms with Crippen LogP contribution in [-0.2, 0) is 0 Å². The van der Waals surface area contributed by atoms with Gasteiger partial charge >= 0.3 is 5.97 Å². The van der Waals surface area contributed by atoms with E-state index in [1.807, 2.05) is 5.16 Å². The monoisotopic (exact) mass is 169 g/mol. The third kappa shape index (κ3) is 1.49. The Morgan fingerprint density at radius 3 is 3.18 bits per heavy atom. The van der Waals surface area contributed by atoms with E-state index in [4.69, 9.17) is 5.11 Å². The lowest BCUT2D eigenvalue weighted by Gasteiger charge is -1.85. The normalized spacial score (nSPS) is 8.73. The molecule has 6 heteroatoms. The highest BCUT2D eigenvalue weighted by atomic mass is 32.1. The molecule has 0 unspecified atom stereocenters. The standard InChI is InChI=1S/C5H3N3O2S/c9-5(10)3-1-7-8-4(3)6-2-11/h1H,(H,7,8)(H,9,10). The molecule has 2 N–H and O–H groups in total. The fourth-order valence-corrected chi connectivity index (χ4v) is 0.658. The van der Waals surface area contributed by atoms with Crippen LogP contribution in [-0.4, -0.2) is 26.4 Å². The number of isothiocyanates is 1. The molecule has 0 bridgehead atoms. The van der Waals surface area contributed by atoms with E-state index in [2.05, 4.69) is 27.4 Å². The van der Waals surface area contributed by atoms with Gasteiger partial charge in [-0.1, -0.05) is 0 Å². The van der Waals surface area contributed by atoms with Crippen LogP contribution in [0.1, 0.15) is 10.4 Å². The summed E-state index contributed by atoms with van der Waals surface area (Å²) in [5, 5.41) is 16.4. The first-order valence-electron chi connectivity index (χ1n) is 2.60. The largest absolute Gasteiger partial charge is 0.477 e. The van der Waals surface area contributed by atoms with Crippen LogP contribution in [0.5, 0.6) is 0 Å². The van der Waals surface area contributed by atoms with E-state index in [1.54, 1.807) is 0 Å². The molecule has 1 rings (SSSR count). The molecule has 5 nitrogen and oxygen atoms in total. The molecule has 56 valence electrons. The van der Waals surface area contributed by atoms with Crippen molar-refractivity contribution < 1.29 is 9.90 Å². The minimum Gasteiger partial charge on any atom is -0.477 e. The Bertz CT molecular complexity index is 310. The van der Waals surface area contributed by atoms with E-state index >= 15 is 0 Å². The molecule has 0 amide bonds. The Balaban J connectivity index is 3.15. The highest BCUT2D eigenvalue weighted by Crippen LogP contribution is 2.12. The van der Waals surface area contributed by atoms with E-state index in [-0.39, 0.29) is 11.4 Å². The van der Waals surface area contributed by atoms with Crippen molar-refractivity contribution >= 4 is 29.2 Å². The molecule has 1 aromatic rings. The van der Waals surface area contributed by atoms with Gasteiger partial charge in [-0.05, 0) is 12.2 Å². The van der Waals surface area contributed by atoms with Crippen molar-refractivity contribution in [2.75, 3.05) is 0 Å². The quantitative estimate of drug-likeness (QED) is 0.508. The van der Waals surface area contributed by atoms with Gasteiger partial charge in [-0.15, -0.1) is 0 Å². The number of aromatic nitrogens is 2. The number of H-pyrrole nitrogens is 1. The van der Waals surface area contributed by atoms with E-state index in [9.17, 15) is 4.79 Å². The number of hydrogen-bond acceptors (Lipinski definition) is 4. The second-order valence-electron chi connectivity index (χ2n) is 1.64. The number of hydrogen-bond donors (Lipinski definition) is 2. The molecule has 0 aliphatic rings. The number of thiocarbonyl (C=S) groups is 1. The summed E-state index contributed by atoms with van der Waals surface area (Å²) in [6.07, 6.45) is 1.16. The molecule has 0 spiro atoms. The number of nitrogens with zero attached hydrogens (tertiary/aromatic N) is 2. The van der Waals surface area contributed by atoms with Crippen molar-refractivity contribution in [3.63, 3.8) is 0 Å². The highest BCUT2D eigenvalue weighted by molar-refractivity contribution is 7.78. The number of carbonyl (C=O) groups is 1. The lowest BCUT2D eigenvalue weighted by atomic mass is 10.3. The van der Waals surface area contributed by atoms with Gasteiger partial charge in [-0.3, -0.25) is 5.10 Å². The Hall–Kier alpha value is -1.52. The number of aliphatic imine (C=N–C) groups is 1. The molecule has 0 aromatic carbocycles. The average Bonchev–Trinajstić information content (AvgIpc) is 2.36. The molecule has 0 saturated carbocycles. The molecular weight excluding hydrogens is 166 g/mol. The average molecular weight is 169 g/mol. The molecule has 0 atom stereocenters. The summed E-state index contributed by atoms with van der Waals surface area (Å²) in [5.74, 6) is -0.977. The van der Waals surface area contributed by atoms with Crippen LogP contribution in [0, 0.1) is 0 Å². The maximum Gasteiger partial charge on any atom is 0.341 e. The molecule has 11 heavy (non-hydrogen) atoms. The summed E-state index contributed by atoms with van der Waals surface area (Å²) in [7, 11) is 0. The van der Waals surface area contributed by atoms with Crippen LogP contribution in [0.2, 0.25) is 0 Å². The maximum absolute atomic E-state index is 10.4. The van der Waals surface area contributed by atoms with Crippen LogP contribution in [0.25, 0.3) is 0 Å². The van der Waals surface area contributed by atoms with Gasteiger partial charge in [0, 0.05) is 0 Å². The van der Waals surface area contributed by atoms with Gasteiger partial charge in [0.05, 0.1) is 11.4 Å². The lowest BCUT2D eigenvalue weighted by Crippen LogP contribution is -1.93. The van der Waals surface area contributed by atoms with Gasteiger partial charge in [0.1, 0.15) is 5.56 Å². The molecule has 0 radical (unpaired) electrons. The van der Waals surface area contributed by atoms with E-state index < -0.39 is 5.97 Å². The molecule has 1 heterocycles. The van der Waals surface area contributed by atoms with E-state index in [1.165, 1.54) is 0 Å². The van der Waals surface area contributed by atoms with Crippen molar-refractivity contribution in [2.24, 2.45) is 4.99 Å². The van der Waals surface area contributed by atoms with Gasteiger partial charge in [0.25, 0.3) is 0 Å². The Morgan fingerprint density at radius 2 is 2.64 bits per heavy atom. The topological polar surface area (TPSA) is 78.3 Å². The van der Waals surface area contributed by atoms with E-state index in [0.717, 1.165) is 6.20 Å². The molecule has 0 aliphatic heterocycles. The number of rotatable bonds is 2. The van der Waals surface area contributed by atoms with Crippen molar-refractivity contribution in [2.45, 2.75) is 0 Å². The second-order valence-corrected chi connectivity index (χ2v) is 1.82. The summed E-state index contributed by atoms with van der Waals surface area (Å²) in [5.41, 5.74) is -0.0117. The maximum atomic E-state index is 10.4. The summed E-state index contributed by atoms with van der Waals surface area (Å²) in [4.78, 5) is 13.8. The first-order chi connectivity index (χ1) is 5.25. The molecule has 0 saturated heterocycles. The van der Waals surface area contributed by atoms with Crippen LogP contribution in [0.4, 0.5) is 5.82 Å². The van der Waals surface area contributed by atoms with Gasteiger partial charge < -0.3 is 5.11 Å². The van der Waals surface area contributed by atoms with Gasteiger partial charge in [-0.25, -0.2) is 4.79 Å². The summed E-state index contributed by atoms with van der Waals surface area (Å²) in [6.45, 7) is 0. The van der Waals surface area contributed by atoms with Crippen LogP contribution in [0.3, 0.4) is 0 Å². The highest BCUT2D eigenvalue weighted by Gasteiger charge is 2.10. The third-order valence-electron chi connectivity index (χ3n) is 1.01. The first kappa shape index (κ1) is 7.59. The number of nitrogens with one attached hydrogen (secondary N) is 1. The van der Waals surface area contributed by atoms with E-state index in [0.29, 0.717) is 0 Å². The van der Waals surface area contributed by atoms with Crippen LogP contribution < -0.4 is 0 Å². The fourth-order valence-electron chi connectivity index (χ4n) is 0.567. The predicted molar refractivity (Wildman–Crippen MR) is 40.2 cm³/mol. The molecule has 0 fully saturated rings. The van der Waals surface area contributed by atoms with Gasteiger partial charge in [0.15, 0.2) is 5.82 Å². The summed E-state index contributed by atoms with van der Waals surface area (Å²) in [6, 6.07) is 0.